The van der Waals surface area contributed by atoms with Crippen LogP contribution in [0.25, 0.3) is 0 Å². The molecule has 4 rings (SSSR count). The van der Waals surface area contributed by atoms with E-state index in [1.165, 1.54) is 0 Å². The van der Waals surface area contributed by atoms with Gasteiger partial charge in [-0.2, -0.15) is 0 Å². The summed E-state index contributed by atoms with van der Waals surface area (Å²) in [4.78, 5) is 38.8. The predicted octanol–water partition coefficient (Wildman–Crippen LogP) is 0.0660. The molecule has 2 N–H and O–H groups in total. The molecule has 8 nitrogen and oxygen atoms in total. The van der Waals surface area contributed by atoms with E-state index in [4.69, 9.17) is 0 Å². The summed E-state index contributed by atoms with van der Waals surface area (Å²) in [5, 5.41) is 5.29. The minimum absolute atomic E-state index is 0.0244. The molecule has 0 radical (unpaired) electrons. The lowest BCUT2D eigenvalue weighted by Gasteiger charge is -2.22. The van der Waals surface area contributed by atoms with Gasteiger partial charge in [0.15, 0.2) is 9.84 Å². The maximum Gasteiger partial charge on any atom is 0.256 e. The SMILES string of the molecule is O=C(CCNC(=O)[C@@H]1CSC2c3ccccc3C(=O)N21)NC1CCS(=O)(=O)C1. The van der Waals surface area contributed by atoms with Gasteiger partial charge in [-0.3, -0.25) is 14.4 Å². The van der Waals surface area contributed by atoms with Crippen molar-refractivity contribution in [3.63, 3.8) is 0 Å². The number of nitrogens with zero attached hydrogens (tertiary/aromatic N) is 1. The second-order valence-electron chi connectivity index (χ2n) is 7.21. The number of rotatable bonds is 5. The number of hydrogen-bond acceptors (Lipinski definition) is 6. The zero-order chi connectivity index (χ0) is 19.9. The number of carbonyl (C=O) groups is 3. The summed E-state index contributed by atoms with van der Waals surface area (Å²) < 4.78 is 22.9. The Morgan fingerprint density at radius 1 is 1.25 bits per heavy atom. The Bertz CT molecular complexity index is 933. The second-order valence-corrected chi connectivity index (χ2v) is 10.6. The highest BCUT2D eigenvalue weighted by molar-refractivity contribution is 7.99. The van der Waals surface area contributed by atoms with Crippen molar-refractivity contribution in [1.29, 1.82) is 0 Å². The number of carbonyl (C=O) groups excluding carboxylic acids is 3. The van der Waals surface area contributed by atoms with Crippen molar-refractivity contribution in [3.05, 3.63) is 35.4 Å². The van der Waals surface area contributed by atoms with Crippen LogP contribution in [0, 0.1) is 0 Å². The number of benzene rings is 1. The number of fused-ring (bicyclic) bond motifs is 3. The van der Waals surface area contributed by atoms with Crippen molar-refractivity contribution < 1.29 is 22.8 Å². The summed E-state index contributed by atoms with van der Waals surface area (Å²) in [5.74, 6) is -0.0998. The van der Waals surface area contributed by atoms with Gasteiger partial charge in [-0.1, -0.05) is 18.2 Å². The summed E-state index contributed by atoms with van der Waals surface area (Å²) in [6.07, 6.45) is 0.499. The molecule has 1 aromatic carbocycles. The van der Waals surface area contributed by atoms with Gasteiger partial charge in [0.1, 0.15) is 11.4 Å². The fourth-order valence-corrected chi connectivity index (χ4v) is 7.01. The average Bonchev–Trinajstić information content (AvgIpc) is 3.30. The van der Waals surface area contributed by atoms with E-state index < -0.39 is 15.9 Å². The molecule has 0 bridgehead atoms. The van der Waals surface area contributed by atoms with Gasteiger partial charge in [-0.25, -0.2) is 8.42 Å². The van der Waals surface area contributed by atoms with Gasteiger partial charge in [0.05, 0.1) is 11.5 Å². The number of sulfone groups is 1. The lowest BCUT2D eigenvalue weighted by Crippen LogP contribution is -2.47. The fraction of sp³-hybridized carbons (Fsp3) is 0.500. The highest BCUT2D eigenvalue weighted by atomic mass is 32.2. The van der Waals surface area contributed by atoms with Crippen LogP contribution >= 0.6 is 11.8 Å². The van der Waals surface area contributed by atoms with Crippen LogP contribution in [-0.2, 0) is 19.4 Å². The van der Waals surface area contributed by atoms with Crippen molar-refractivity contribution in [2.45, 2.75) is 30.3 Å². The molecule has 3 aliphatic rings. The molecule has 2 saturated heterocycles. The van der Waals surface area contributed by atoms with Crippen molar-refractivity contribution >= 4 is 39.3 Å². The van der Waals surface area contributed by atoms with Gasteiger partial charge in [0.2, 0.25) is 11.8 Å². The first-order valence-corrected chi connectivity index (χ1v) is 12.0. The van der Waals surface area contributed by atoms with E-state index in [2.05, 4.69) is 10.6 Å². The molecule has 3 aliphatic heterocycles. The Labute approximate surface area is 167 Å². The molecule has 1 aromatic rings. The van der Waals surface area contributed by atoms with E-state index >= 15 is 0 Å². The summed E-state index contributed by atoms with van der Waals surface area (Å²) in [5.41, 5.74) is 1.59. The molecule has 2 unspecified atom stereocenters. The number of thioether (sulfide) groups is 1. The highest BCUT2D eigenvalue weighted by Crippen LogP contribution is 2.47. The molecule has 150 valence electrons. The average molecular weight is 424 g/mol. The minimum Gasteiger partial charge on any atom is -0.354 e. The van der Waals surface area contributed by atoms with Gasteiger partial charge in [-0.15, -0.1) is 11.8 Å². The van der Waals surface area contributed by atoms with Crippen LogP contribution in [0.5, 0.6) is 0 Å². The van der Waals surface area contributed by atoms with Gasteiger partial charge >= 0.3 is 0 Å². The lowest BCUT2D eigenvalue weighted by molar-refractivity contribution is -0.125. The Morgan fingerprint density at radius 3 is 2.79 bits per heavy atom. The summed E-state index contributed by atoms with van der Waals surface area (Å²) in [6, 6.07) is 6.49. The highest BCUT2D eigenvalue weighted by Gasteiger charge is 2.48. The second kappa shape index (κ2) is 7.40. The molecule has 2 fully saturated rings. The van der Waals surface area contributed by atoms with Gasteiger partial charge in [0, 0.05) is 30.3 Å². The van der Waals surface area contributed by atoms with E-state index in [-0.39, 0.29) is 53.6 Å². The first-order valence-electron chi connectivity index (χ1n) is 9.16. The van der Waals surface area contributed by atoms with E-state index in [9.17, 15) is 22.8 Å². The standard InChI is InChI=1S/C18H21N3O5S2/c22-15(20-11-6-8-28(25,26)10-11)5-7-19-16(23)14-9-27-18-13-4-2-1-3-12(13)17(24)21(14)18/h1-4,11,14,18H,5-10H2,(H,19,23)(H,20,22)/t11?,14-,18?/m0/s1. The van der Waals surface area contributed by atoms with Crippen LogP contribution in [0.15, 0.2) is 24.3 Å². The smallest absolute Gasteiger partial charge is 0.256 e. The Balaban J connectivity index is 1.27. The molecule has 28 heavy (non-hydrogen) atoms. The summed E-state index contributed by atoms with van der Waals surface area (Å²) >= 11 is 1.56. The Hall–Kier alpha value is -2.07. The monoisotopic (exact) mass is 423 g/mol. The molecule has 0 aromatic heterocycles. The largest absolute Gasteiger partial charge is 0.354 e. The van der Waals surface area contributed by atoms with Gasteiger partial charge in [0.25, 0.3) is 5.91 Å². The predicted molar refractivity (Wildman–Crippen MR) is 104 cm³/mol. The third kappa shape index (κ3) is 3.62. The summed E-state index contributed by atoms with van der Waals surface area (Å²) in [6.45, 7) is 0.144. The first kappa shape index (κ1) is 19.3. The molecule has 3 amide bonds. The van der Waals surface area contributed by atoms with Crippen LogP contribution in [0.4, 0.5) is 0 Å². The quantitative estimate of drug-likeness (QED) is 0.693. The molecular weight excluding hydrogens is 402 g/mol. The van der Waals surface area contributed by atoms with Crippen molar-refractivity contribution in [2.75, 3.05) is 23.8 Å². The molecule has 0 aliphatic carbocycles. The first-order chi connectivity index (χ1) is 13.4. The molecule has 0 saturated carbocycles. The van der Waals surface area contributed by atoms with E-state index in [1.54, 1.807) is 22.7 Å². The third-order valence-corrected chi connectivity index (χ3v) is 8.32. The van der Waals surface area contributed by atoms with E-state index in [0.29, 0.717) is 17.7 Å². The zero-order valence-corrected chi connectivity index (χ0v) is 16.7. The lowest BCUT2D eigenvalue weighted by atomic mass is 10.1. The van der Waals surface area contributed by atoms with Crippen molar-refractivity contribution in [2.24, 2.45) is 0 Å². The molecule has 3 atom stereocenters. The van der Waals surface area contributed by atoms with Crippen molar-refractivity contribution in [3.8, 4) is 0 Å². The van der Waals surface area contributed by atoms with Crippen LogP contribution in [0.2, 0.25) is 0 Å². The maximum absolute atomic E-state index is 12.6. The van der Waals surface area contributed by atoms with Crippen molar-refractivity contribution in [1.82, 2.24) is 15.5 Å². The topological polar surface area (TPSA) is 113 Å². The normalized spacial score (nSPS) is 27.4. The number of hydrogen-bond donors (Lipinski definition) is 2. The van der Waals surface area contributed by atoms with Gasteiger partial charge < -0.3 is 15.5 Å². The zero-order valence-electron chi connectivity index (χ0n) is 15.1. The molecular formula is C18H21N3O5S2. The maximum atomic E-state index is 12.6. The van der Waals surface area contributed by atoms with Crippen LogP contribution in [0.1, 0.15) is 34.1 Å². The van der Waals surface area contributed by atoms with Crippen LogP contribution in [0.3, 0.4) is 0 Å². The number of amides is 3. The Morgan fingerprint density at radius 2 is 2.04 bits per heavy atom. The van der Waals surface area contributed by atoms with E-state index in [0.717, 1.165) is 5.56 Å². The fourth-order valence-electron chi connectivity index (χ4n) is 3.87. The molecule has 10 heteroatoms. The molecule has 0 spiro atoms. The third-order valence-electron chi connectivity index (χ3n) is 5.24. The number of nitrogens with one attached hydrogen (secondary N) is 2. The minimum atomic E-state index is -3.05. The Kier molecular flexibility index (Phi) is 5.09. The summed E-state index contributed by atoms with van der Waals surface area (Å²) in [7, 11) is -3.05. The van der Waals surface area contributed by atoms with Crippen LogP contribution in [-0.4, -0.2) is 66.9 Å². The van der Waals surface area contributed by atoms with Crippen LogP contribution < -0.4 is 10.6 Å². The molecule has 3 heterocycles. The van der Waals surface area contributed by atoms with Gasteiger partial charge in [-0.05, 0) is 18.1 Å². The van der Waals surface area contributed by atoms with E-state index in [1.807, 2.05) is 18.2 Å².